The molecule has 0 saturated heterocycles. The second-order valence-electron chi connectivity index (χ2n) is 12.9. The molecule has 54 heavy (non-hydrogen) atoms. The third-order valence-corrected chi connectivity index (χ3v) is 9.83. The zero-order valence-electron chi connectivity index (χ0n) is 30.5. The van der Waals surface area contributed by atoms with Gasteiger partial charge in [0.25, 0.3) is 10.1 Å². The van der Waals surface area contributed by atoms with Crippen LogP contribution in [0.25, 0.3) is 22.5 Å². The summed E-state index contributed by atoms with van der Waals surface area (Å²) >= 11 is 0. The fourth-order valence-electron chi connectivity index (χ4n) is 6.10. The Kier molecular flexibility index (Phi) is 14.8. The molecule has 0 bridgehead atoms. The molecule has 0 unspecified atom stereocenters. The number of ether oxygens (including phenoxy) is 2. The first-order chi connectivity index (χ1) is 26.2. The van der Waals surface area contributed by atoms with Crippen molar-refractivity contribution in [1.29, 1.82) is 0 Å². The number of carbonyl (C=O) groups excluding carboxylic acids is 3. The fourth-order valence-corrected chi connectivity index (χ4v) is 6.58. The molecule has 5 rings (SSSR count). The summed E-state index contributed by atoms with van der Waals surface area (Å²) in [5, 5.41) is 14.9. The van der Waals surface area contributed by atoms with Gasteiger partial charge in [-0.05, 0) is 48.6 Å². The van der Waals surface area contributed by atoms with Crippen LogP contribution >= 0.6 is 0 Å². The molecule has 1 aliphatic rings. The molecule has 1 aromatic heterocycles. The van der Waals surface area contributed by atoms with Crippen LogP contribution in [0.2, 0.25) is 0 Å². The summed E-state index contributed by atoms with van der Waals surface area (Å²) in [4.78, 5) is 40.5. The maximum atomic E-state index is 13.8. The maximum absolute atomic E-state index is 13.8. The molecule has 1 aliphatic heterocycles. The lowest BCUT2D eigenvalue weighted by Crippen LogP contribution is -2.34. The maximum Gasteiger partial charge on any atom is 0.294 e. The molecule has 2 heterocycles. The van der Waals surface area contributed by atoms with Crippen LogP contribution in [0.5, 0.6) is 0 Å². The van der Waals surface area contributed by atoms with Crippen molar-refractivity contribution >= 4 is 33.5 Å². The number of fused-ring (bicyclic) bond motifs is 5. The van der Waals surface area contributed by atoms with E-state index < -0.39 is 10.1 Å². The number of aromatic nitrogens is 3. The molecule has 0 saturated carbocycles. The van der Waals surface area contributed by atoms with Gasteiger partial charge in [-0.1, -0.05) is 73.2 Å². The third kappa shape index (κ3) is 11.3. The zero-order valence-corrected chi connectivity index (χ0v) is 31.4. The van der Waals surface area contributed by atoms with Gasteiger partial charge in [0.2, 0.25) is 17.7 Å². The number of nitrogens with zero attached hydrogens (tertiary/aromatic N) is 4. The molecular formula is C39H48N6O8S. The van der Waals surface area contributed by atoms with E-state index >= 15 is 0 Å². The summed E-state index contributed by atoms with van der Waals surface area (Å²) in [5.41, 5.74) is 5.46. The van der Waals surface area contributed by atoms with Crippen molar-refractivity contribution in [2.45, 2.75) is 69.9 Å². The smallest absolute Gasteiger partial charge is 0.294 e. The van der Waals surface area contributed by atoms with Gasteiger partial charge in [-0.25, -0.2) is 4.68 Å². The number of benzene rings is 3. The van der Waals surface area contributed by atoms with Gasteiger partial charge in [-0.3, -0.25) is 18.9 Å². The first kappa shape index (κ1) is 40.2. The van der Waals surface area contributed by atoms with Gasteiger partial charge in [-0.15, -0.1) is 5.10 Å². The van der Waals surface area contributed by atoms with Gasteiger partial charge < -0.3 is 25.0 Å². The highest BCUT2D eigenvalue weighted by Crippen LogP contribution is 2.41. The Morgan fingerprint density at radius 3 is 2.24 bits per heavy atom. The minimum atomic E-state index is -4.27. The van der Waals surface area contributed by atoms with Crippen molar-refractivity contribution in [3.8, 4) is 22.5 Å². The SMILES string of the molecule is CCCCOCCOCCNC(=O)CCC(=O)N1Cc2ccccc2-c2c(nnn2CCCNC(=O)CCc2ccc(S(=O)(=O)O)cc2)-c2ccccc21. The topological polar surface area (TPSA) is 182 Å². The second-order valence-corrected chi connectivity index (χ2v) is 14.3. The van der Waals surface area contributed by atoms with E-state index in [1.54, 1.807) is 17.0 Å². The van der Waals surface area contributed by atoms with Gasteiger partial charge in [0.15, 0.2) is 0 Å². The number of hydrogen-bond acceptors (Lipinski definition) is 9. The van der Waals surface area contributed by atoms with Crippen molar-refractivity contribution in [3.05, 3.63) is 83.9 Å². The zero-order chi connectivity index (χ0) is 38.3. The summed E-state index contributed by atoms with van der Waals surface area (Å²) in [7, 11) is -4.27. The van der Waals surface area contributed by atoms with Gasteiger partial charge in [0.1, 0.15) is 5.69 Å². The largest absolute Gasteiger partial charge is 0.379 e. The van der Waals surface area contributed by atoms with E-state index in [-0.39, 0.29) is 41.9 Å². The summed E-state index contributed by atoms with van der Waals surface area (Å²) < 4.78 is 44.5. The monoisotopic (exact) mass is 760 g/mol. The van der Waals surface area contributed by atoms with Crippen molar-refractivity contribution in [2.75, 3.05) is 44.4 Å². The molecule has 0 aliphatic carbocycles. The van der Waals surface area contributed by atoms with Crippen LogP contribution in [0.4, 0.5) is 5.69 Å². The number of rotatable bonds is 20. The van der Waals surface area contributed by atoms with E-state index in [0.717, 1.165) is 47.4 Å². The van der Waals surface area contributed by atoms with Gasteiger partial charge >= 0.3 is 0 Å². The van der Waals surface area contributed by atoms with E-state index in [1.165, 1.54) is 12.1 Å². The molecule has 0 atom stereocenters. The molecule has 3 aromatic carbocycles. The molecule has 0 radical (unpaired) electrons. The number of para-hydroxylation sites is 1. The molecular weight excluding hydrogens is 713 g/mol. The predicted molar refractivity (Wildman–Crippen MR) is 203 cm³/mol. The van der Waals surface area contributed by atoms with E-state index in [2.05, 4.69) is 27.9 Å². The van der Waals surface area contributed by atoms with E-state index in [1.807, 2.05) is 53.2 Å². The number of unbranched alkanes of at least 4 members (excludes halogenated alkanes) is 1. The minimum Gasteiger partial charge on any atom is -0.379 e. The molecule has 0 spiro atoms. The van der Waals surface area contributed by atoms with Gasteiger partial charge in [0.05, 0.1) is 42.6 Å². The van der Waals surface area contributed by atoms with Gasteiger partial charge in [0, 0.05) is 56.6 Å². The standard InChI is InChI=1S/C39H48N6O8S/c1-2-3-24-52-26-27-53-25-22-41-36(47)19-20-37(48)44-28-30-9-4-5-10-32(30)39-38(33-11-6-7-12-34(33)44)42-43-45(39)23-8-21-40-35(46)18-15-29-13-16-31(17-14-29)54(49,50)51/h4-7,9-14,16-17H,2-3,8,15,18-28H2,1H3,(H,40,46)(H,41,47)(H,49,50,51). The number of anilines is 1. The first-order valence-electron chi connectivity index (χ1n) is 18.3. The fraction of sp³-hybridized carbons (Fsp3) is 0.410. The first-order valence-corrected chi connectivity index (χ1v) is 19.8. The molecule has 288 valence electrons. The van der Waals surface area contributed by atoms with Crippen molar-refractivity contribution < 1.29 is 36.8 Å². The Labute approximate surface area is 316 Å². The molecule has 4 aromatic rings. The Morgan fingerprint density at radius 1 is 0.796 bits per heavy atom. The number of nitrogens with one attached hydrogen (secondary N) is 2. The van der Waals surface area contributed by atoms with Crippen LogP contribution in [0.3, 0.4) is 0 Å². The van der Waals surface area contributed by atoms with Crippen LogP contribution in [0, 0.1) is 0 Å². The van der Waals surface area contributed by atoms with Crippen LogP contribution < -0.4 is 15.5 Å². The normalized spacial score (nSPS) is 12.2. The van der Waals surface area contributed by atoms with Crippen LogP contribution in [-0.2, 0) is 53.5 Å². The number of amides is 3. The van der Waals surface area contributed by atoms with Crippen molar-refractivity contribution in [1.82, 2.24) is 25.6 Å². The Balaban J connectivity index is 1.17. The Morgan fingerprint density at radius 2 is 1.48 bits per heavy atom. The highest BCUT2D eigenvalue weighted by molar-refractivity contribution is 7.85. The molecule has 3 N–H and O–H groups in total. The van der Waals surface area contributed by atoms with Crippen LogP contribution in [-0.4, -0.2) is 85.2 Å². The molecule has 14 nitrogen and oxygen atoms in total. The van der Waals surface area contributed by atoms with Crippen LogP contribution in [0.1, 0.15) is 56.6 Å². The molecule has 3 amide bonds. The summed E-state index contributed by atoms with van der Waals surface area (Å²) in [6.45, 7) is 5.71. The highest BCUT2D eigenvalue weighted by Gasteiger charge is 2.29. The number of hydrogen-bond donors (Lipinski definition) is 3. The van der Waals surface area contributed by atoms with Crippen LogP contribution in [0.15, 0.2) is 77.7 Å². The number of carbonyl (C=O) groups is 3. The van der Waals surface area contributed by atoms with Crippen molar-refractivity contribution in [3.63, 3.8) is 0 Å². The average Bonchev–Trinajstić information content (AvgIpc) is 3.58. The van der Waals surface area contributed by atoms with Crippen molar-refractivity contribution in [2.24, 2.45) is 0 Å². The lowest BCUT2D eigenvalue weighted by atomic mass is 9.95. The van der Waals surface area contributed by atoms with E-state index in [0.29, 0.717) is 70.2 Å². The molecule has 15 heteroatoms. The average molecular weight is 761 g/mol. The third-order valence-electron chi connectivity index (χ3n) is 8.97. The highest BCUT2D eigenvalue weighted by atomic mass is 32.2. The lowest BCUT2D eigenvalue weighted by molar-refractivity contribution is -0.125. The Bertz CT molecular complexity index is 1980. The van der Waals surface area contributed by atoms with E-state index in [4.69, 9.17) is 14.0 Å². The summed E-state index contributed by atoms with van der Waals surface area (Å²) in [5.74, 6) is -0.548. The summed E-state index contributed by atoms with van der Waals surface area (Å²) in [6, 6.07) is 21.2. The molecule has 0 fully saturated rings. The van der Waals surface area contributed by atoms with E-state index in [9.17, 15) is 22.8 Å². The quantitative estimate of drug-likeness (QED) is 0.0853. The minimum absolute atomic E-state index is 0.0278. The predicted octanol–water partition coefficient (Wildman–Crippen LogP) is 4.57. The Hall–Kier alpha value is -4.96. The second kappa shape index (κ2) is 19.9. The summed E-state index contributed by atoms with van der Waals surface area (Å²) in [6.07, 6.45) is 3.40. The number of aryl methyl sites for hydroxylation is 2. The van der Waals surface area contributed by atoms with Gasteiger partial charge in [-0.2, -0.15) is 8.42 Å². The lowest BCUT2D eigenvalue weighted by Gasteiger charge is -2.28.